The minimum atomic E-state index is -0.233. The molecule has 9 heteroatoms. The van der Waals surface area contributed by atoms with Gasteiger partial charge < -0.3 is 29.3 Å². The van der Waals surface area contributed by atoms with E-state index in [0.717, 1.165) is 30.6 Å². The molecular weight excluding hydrogens is 454 g/mol. The zero-order valence-electron chi connectivity index (χ0n) is 19.8. The Morgan fingerprint density at radius 2 is 2.15 bits per heavy atom. The SMILES string of the molecule is CCNC(=O)N(CC(=O)N1CCc2sccc2[C@@H]1COc1cccc(OC)c1)C[C@@H]1CCCO1. The Kier molecular flexibility index (Phi) is 8.29. The molecule has 1 fully saturated rings. The third kappa shape index (κ3) is 5.82. The number of carbonyl (C=O) groups is 2. The predicted octanol–water partition coefficient (Wildman–Crippen LogP) is 3.47. The van der Waals surface area contributed by atoms with Gasteiger partial charge in [-0.15, -0.1) is 11.3 Å². The van der Waals surface area contributed by atoms with Crippen LogP contribution in [0.3, 0.4) is 0 Å². The van der Waals surface area contributed by atoms with Gasteiger partial charge in [0.2, 0.25) is 5.91 Å². The van der Waals surface area contributed by atoms with E-state index >= 15 is 0 Å². The minimum absolute atomic E-state index is 0.0147. The Hall–Kier alpha value is -2.78. The molecule has 2 atom stereocenters. The number of hydrogen-bond donors (Lipinski definition) is 1. The second-order valence-electron chi connectivity index (χ2n) is 8.49. The molecule has 0 bridgehead atoms. The lowest BCUT2D eigenvalue weighted by molar-refractivity contribution is -0.135. The standard InChI is InChI=1S/C25H33N3O5S/c1-3-26-25(30)27(15-20-8-5-12-32-20)16-24(29)28-11-9-23-21(10-13-34-23)22(28)17-33-19-7-4-6-18(14-19)31-2/h4,6-7,10,13-14,20,22H,3,5,8-9,11-12,15-17H2,1-2H3,(H,26,30)/t20-,22-/m0/s1. The van der Waals surface area contributed by atoms with Crippen molar-refractivity contribution in [3.63, 3.8) is 0 Å². The molecule has 1 aromatic heterocycles. The first kappa shape index (κ1) is 24.3. The van der Waals surface area contributed by atoms with Crippen LogP contribution in [0.2, 0.25) is 0 Å². The Morgan fingerprint density at radius 3 is 2.91 bits per heavy atom. The second-order valence-corrected chi connectivity index (χ2v) is 9.49. The van der Waals surface area contributed by atoms with Crippen LogP contribution in [0, 0.1) is 0 Å². The lowest BCUT2D eigenvalue weighted by Gasteiger charge is -2.37. The summed E-state index contributed by atoms with van der Waals surface area (Å²) in [7, 11) is 1.62. The van der Waals surface area contributed by atoms with E-state index in [4.69, 9.17) is 14.2 Å². The Labute approximate surface area is 204 Å². The monoisotopic (exact) mass is 487 g/mol. The number of urea groups is 1. The van der Waals surface area contributed by atoms with Crippen molar-refractivity contribution in [3.05, 3.63) is 46.2 Å². The van der Waals surface area contributed by atoms with Crippen LogP contribution < -0.4 is 14.8 Å². The van der Waals surface area contributed by atoms with Crippen molar-refractivity contribution in [3.8, 4) is 11.5 Å². The van der Waals surface area contributed by atoms with Gasteiger partial charge in [0.1, 0.15) is 24.7 Å². The number of fused-ring (bicyclic) bond motifs is 1. The average Bonchev–Trinajstić information content (AvgIpc) is 3.54. The van der Waals surface area contributed by atoms with Crippen LogP contribution in [-0.2, 0) is 16.0 Å². The van der Waals surface area contributed by atoms with Crippen molar-refractivity contribution in [1.29, 1.82) is 0 Å². The number of thiophene rings is 1. The fraction of sp³-hybridized carbons (Fsp3) is 0.520. The molecule has 184 valence electrons. The summed E-state index contributed by atoms with van der Waals surface area (Å²) in [4.78, 5) is 31.0. The Morgan fingerprint density at radius 1 is 1.29 bits per heavy atom. The average molecular weight is 488 g/mol. The molecule has 0 aliphatic carbocycles. The molecule has 8 nitrogen and oxygen atoms in total. The summed E-state index contributed by atoms with van der Waals surface area (Å²) < 4.78 is 17.1. The van der Waals surface area contributed by atoms with Crippen LogP contribution in [0.5, 0.6) is 11.5 Å². The van der Waals surface area contributed by atoms with Gasteiger partial charge in [0.05, 0.1) is 19.3 Å². The van der Waals surface area contributed by atoms with Crippen molar-refractivity contribution in [2.24, 2.45) is 0 Å². The molecular formula is C25H33N3O5S. The van der Waals surface area contributed by atoms with Crippen molar-refractivity contribution in [2.45, 2.75) is 38.3 Å². The lowest BCUT2D eigenvalue weighted by Crippen LogP contribution is -2.51. The smallest absolute Gasteiger partial charge is 0.317 e. The van der Waals surface area contributed by atoms with E-state index in [9.17, 15) is 9.59 Å². The van der Waals surface area contributed by atoms with E-state index < -0.39 is 0 Å². The molecule has 0 unspecified atom stereocenters. The van der Waals surface area contributed by atoms with Gasteiger partial charge in [0.25, 0.3) is 0 Å². The molecule has 0 spiro atoms. The van der Waals surface area contributed by atoms with Crippen LogP contribution in [0.15, 0.2) is 35.7 Å². The van der Waals surface area contributed by atoms with E-state index in [0.29, 0.717) is 38.6 Å². The van der Waals surface area contributed by atoms with Crippen molar-refractivity contribution >= 4 is 23.3 Å². The zero-order valence-corrected chi connectivity index (χ0v) is 20.6. The van der Waals surface area contributed by atoms with Gasteiger partial charge in [-0.2, -0.15) is 0 Å². The number of ether oxygens (including phenoxy) is 3. The first-order valence-electron chi connectivity index (χ1n) is 11.9. The Bertz CT molecular complexity index is 975. The van der Waals surface area contributed by atoms with E-state index in [1.165, 1.54) is 4.88 Å². The molecule has 1 N–H and O–H groups in total. The summed E-state index contributed by atoms with van der Waals surface area (Å²) in [6, 6.07) is 9.09. The first-order chi connectivity index (χ1) is 16.6. The molecule has 2 aliphatic heterocycles. The number of rotatable bonds is 9. The lowest BCUT2D eigenvalue weighted by atomic mass is 10.0. The third-order valence-electron chi connectivity index (χ3n) is 6.25. The van der Waals surface area contributed by atoms with E-state index in [-0.39, 0.29) is 30.6 Å². The van der Waals surface area contributed by atoms with E-state index in [2.05, 4.69) is 16.8 Å². The summed E-state index contributed by atoms with van der Waals surface area (Å²) >= 11 is 1.71. The van der Waals surface area contributed by atoms with Gasteiger partial charge in [0, 0.05) is 37.2 Å². The number of amides is 3. The summed E-state index contributed by atoms with van der Waals surface area (Å²) in [5.74, 6) is 1.33. The fourth-order valence-corrected chi connectivity index (χ4v) is 5.44. The van der Waals surface area contributed by atoms with E-state index in [1.54, 1.807) is 23.3 Å². The van der Waals surface area contributed by atoms with Gasteiger partial charge in [-0.1, -0.05) is 6.07 Å². The maximum Gasteiger partial charge on any atom is 0.317 e. The summed E-state index contributed by atoms with van der Waals surface area (Å²) in [6.07, 6.45) is 2.68. The van der Waals surface area contributed by atoms with Gasteiger partial charge in [-0.05, 0) is 55.3 Å². The topological polar surface area (TPSA) is 80.3 Å². The van der Waals surface area contributed by atoms with Gasteiger partial charge in [0.15, 0.2) is 0 Å². The van der Waals surface area contributed by atoms with Crippen molar-refractivity contribution in [1.82, 2.24) is 15.1 Å². The number of carbonyl (C=O) groups excluding carboxylic acids is 2. The molecule has 4 rings (SSSR count). The molecule has 0 saturated carbocycles. The minimum Gasteiger partial charge on any atom is -0.497 e. The highest BCUT2D eigenvalue weighted by Gasteiger charge is 2.34. The van der Waals surface area contributed by atoms with Gasteiger partial charge in [-0.25, -0.2) is 4.79 Å². The van der Waals surface area contributed by atoms with Crippen LogP contribution in [0.1, 0.15) is 36.2 Å². The van der Waals surface area contributed by atoms with Crippen molar-refractivity contribution < 1.29 is 23.8 Å². The zero-order chi connectivity index (χ0) is 23.9. The maximum atomic E-state index is 13.5. The molecule has 3 amide bonds. The number of methoxy groups -OCH3 is 1. The summed E-state index contributed by atoms with van der Waals surface area (Å²) in [6.45, 7) is 4.45. The maximum absolute atomic E-state index is 13.5. The van der Waals surface area contributed by atoms with Crippen LogP contribution in [-0.4, -0.2) is 74.3 Å². The van der Waals surface area contributed by atoms with Crippen molar-refractivity contribution in [2.75, 3.05) is 46.5 Å². The highest BCUT2D eigenvalue weighted by Crippen LogP contribution is 2.34. The summed E-state index contributed by atoms with van der Waals surface area (Å²) in [5, 5.41) is 4.90. The predicted molar refractivity (Wildman–Crippen MR) is 131 cm³/mol. The number of hydrogen-bond acceptors (Lipinski definition) is 6. The van der Waals surface area contributed by atoms with Crippen LogP contribution in [0.25, 0.3) is 0 Å². The number of benzene rings is 1. The molecule has 1 saturated heterocycles. The molecule has 3 heterocycles. The number of nitrogens with zero attached hydrogens (tertiary/aromatic N) is 2. The molecule has 2 aliphatic rings. The number of nitrogens with one attached hydrogen (secondary N) is 1. The first-order valence-corrected chi connectivity index (χ1v) is 12.7. The van der Waals surface area contributed by atoms with Crippen LogP contribution >= 0.6 is 11.3 Å². The molecule has 34 heavy (non-hydrogen) atoms. The fourth-order valence-electron chi connectivity index (χ4n) is 4.51. The highest BCUT2D eigenvalue weighted by molar-refractivity contribution is 7.10. The Balaban J connectivity index is 1.48. The second kappa shape index (κ2) is 11.6. The normalized spacial score (nSPS) is 19.4. The molecule has 2 aromatic rings. The van der Waals surface area contributed by atoms with Gasteiger partial charge >= 0.3 is 6.03 Å². The highest BCUT2D eigenvalue weighted by atomic mass is 32.1. The quantitative estimate of drug-likeness (QED) is 0.586. The third-order valence-corrected chi connectivity index (χ3v) is 7.25. The molecule has 1 aromatic carbocycles. The van der Waals surface area contributed by atoms with Gasteiger partial charge in [-0.3, -0.25) is 4.79 Å². The van der Waals surface area contributed by atoms with Crippen LogP contribution in [0.4, 0.5) is 4.79 Å². The summed E-state index contributed by atoms with van der Waals surface area (Å²) in [5.41, 5.74) is 1.12. The molecule has 0 radical (unpaired) electrons. The van der Waals surface area contributed by atoms with E-state index in [1.807, 2.05) is 36.1 Å². The largest absolute Gasteiger partial charge is 0.497 e.